The fraction of sp³-hybridized carbons (Fsp3) is 0.909. The van der Waals surface area contributed by atoms with Crippen LogP contribution in [0.1, 0.15) is 46.5 Å². The van der Waals surface area contributed by atoms with Crippen molar-refractivity contribution in [1.82, 2.24) is 10.7 Å². The molecule has 1 aliphatic carbocycles. The molecular formula is C11H24N4. The van der Waals surface area contributed by atoms with Gasteiger partial charge < -0.3 is 5.32 Å². The predicted molar refractivity (Wildman–Crippen MR) is 64.5 cm³/mol. The lowest BCUT2D eigenvalue weighted by molar-refractivity contribution is 0.185. The zero-order chi connectivity index (χ0) is 11.3. The second kappa shape index (κ2) is 5.35. The van der Waals surface area contributed by atoms with Gasteiger partial charge in [0.05, 0.1) is 0 Å². The fourth-order valence-corrected chi connectivity index (χ4v) is 2.22. The molecule has 1 unspecified atom stereocenters. The van der Waals surface area contributed by atoms with Gasteiger partial charge in [0.1, 0.15) is 0 Å². The quantitative estimate of drug-likeness (QED) is 0.280. The van der Waals surface area contributed by atoms with E-state index in [0.717, 1.165) is 12.5 Å². The maximum absolute atomic E-state index is 5.42. The van der Waals surface area contributed by atoms with Crippen molar-refractivity contribution in [3.8, 4) is 0 Å². The molecule has 1 atom stereocenters. The summed E-state index contributed by atoms with van der Waals surface area (Å²) in [6.45, 7) is 7.37. The molecule has 0 aliphatic heterocycles. The molecule has 0 spiro atoms. The molecule has 1 saturated carbocycles. The summed E-state index contributed by atoms with van der Waals surface area (Å²) >= 11 is 0. The van der Waals surface area contributed by atoms with Crippen LogP contribution in [0.2, 0.25) is 0 Å². The molecule has 0 radical (unpaired) electrons. The van der Waals surface area contributed by atoms with Crippen molar-refractivity contribution < 1.29 is 0 Å². The number of hydrazine groups is 1. The van der Waals surface area contributed by atoms with E-state index >= 15 is 0 Å². The number of guanidine groups is 1. The van der Waals surface area contributed by atoms with Crippen molar-refractivity contribution in [3.05, 3.63) is 0 Å². The molecule has 0 aromatic rings. The van der Waals surface area contributed by atoms with E-state index in [1.54, 1.807) is 0 Å². The van der Waals surface area contributed by atoms with E-state index in [0.29, 0.717) is 11.5 Å². The van der Waals surface area contributed by atoms with Crippen LogP contribution in [0.3, 0.4) is 0 Å². The van der Waals surface area contributed by atoms with E-state index in [1.807, 2.05) is 6.92 Å². The minimum absolute atomic E-state index is 0.337. The number of rotatable bonds is 2. The molecule has 0 aromatic heterocycles. The summed E-state index contributed by atoms with van der Waals surface area (Å²) in [6.07, 6.45) is 5.11. The molecule has 0 aromatic carbocycles. The Labute approximate surface area is 92.7 Å². The maximum atomic E-state index is 5.42. The first-order valence-electron chi connectivity index (χ1n) is 5.87. The highest BCUT2D eigenvalue weighted by Crippen LogP contribution is 2.35. The molecule has 88 valence electrons. The van der Waals surface area contributed by atoms with Gasteiger partial charge in [-0.15, -0.1) is 0 Å². The highest BCUT2D eigenvalue weighted by Gasteiger charge is 2.32. The second-order valence-electron chi connectivity index (χ2n) is 4.90. The topological polar surface area (TPSA) is 62.4 Å². The van der Waals surface area contributed by atoms with E-state index in [4.69, 9.17) is 5.84 Å². The lowest BCUT2D eigenvalue weighted by Gasteiger charge is -2.39. The first-order valence-corrected chi connectivity index (χ1v) is 5.87. The van der Waals surface area contributed by atoms with Crippen molar-refractivity contribution in [2.24, 2.45) is 16.3 Å². The normalized spacial score (nSPS) is 26.1. The standard InChI is InChI=1S/C11H24N4/c1-4-13-10(15-12)14-9-7-5-6-8-11(9,2)3/h9H,4-8,12H2,1-3H3,(H2,13,14,15). The molecule has 15 heavy (non-hydrogen) atoms. The third kappa shape index (κ3) is 3.38. The van der Waals surface area contributed by atoms with Crippen molar-refractivity contribution in [1.29, 1.82) is 0 Å². The maximum Gasteiger partial charge on any atom is 0.205 e. The summed E-state index contributed by atoms with van der Waals surface area (Å²) in [4.78, 5) is 4.27. The van der Waals surface area contributed by atoms with Crippen LogP contribution in [0.15, 0.2) is 4.99 Å². The van der Waals surface area contributed by atoms with E-state index in [1.165, 1.54) is 25.7 Å². The molecular weight excluding hydrogens is 188 g/mol. The molecule has 4 heteroatoms. The number of hydrogen-bond acceptors (Lipinski definition) is 2. The Morgan fingerprint density at radius 1 is 1.47 bits per heavy atom. The number of hydrogen-bond donors (Lipinski definition) is 3. The number of nitrogens with zero attached hydrogens (tertiary/aromatic N) is 1. The van der Waals surface area contributed by atoms with Gasteiger partial charge in [-0.1, -0.05) is 26.7 Å². The first kappa shape index (κ1) is 12.3. The van der Waals surface area contributed by atoms with Gasteiger partial charge in [0.2, 0.25) is 5.96 Å². The van der Waals surface area contributed by atoms with E-state index < -0.39 is 0 Å². The zero-order valence-corrected chi connectivity index (χ0v) is 10.1. The molecule has 1 fully saturated rings. The second-order valence-corrected chi connectivity index (χ2v) is 4.90. The van der Waals surface area contributed by atoms with Crippen LogP contribution in [-0.4, -0.2) is 18.5 Å². The smallest absolute Gasteiger partial charge is 0.205 e. The summed E-state index contributed by atoms with van der Waals surface area (Å²) in [5.41, 5.74) is 2.96. The van der Waals surface area contributed by atoms with Crippen LogP contribution in [0, 0.1) is 5.41 Å². The zero-order valence-electron chi connectivity index (χ0n) is 10.1. The van der Waals surface area contributed by atoms with Crippen LogP contribution in [0.5, 0.6) is 0 Å². The molecule has 1 rings (SSSR count). The molecule has 0 bridgehead atoms. The number of aliphatic imine (C=N–C) groups is 1. The highest BCUT2D eigenvalue weighted by atomic mass is 15.3. The van der Waals surface area contributed by atoms with E-state index in [2.05, 4.69) is 29.6 Å². The van der Waals surface area contributed by atoms with Crippen LogP contribution in [-0.2, 0) is 0 Å². The Kier molecular flexibility index (Phi) is 4.39. The van der Waals surface area contributed by atoms with E-state index in [9.17, 15) is 0 Å². The number of nitrogens with two attached hydrogens (primary N) is 1. The molecule has 0 heterocycles. The Balaban J connectivity index is 2.58. The lowest BCUT2D eigenvalue weighted by Crippen LogP contribution is -2.52. The molecule has 4 nitrogen and oxygen atoms in total. The van der Waals surface area contributed by atoms with Gasteiger partial charge >= 0.3 is 0 Å². The average molecular weight is 212 g/mol. The van der Waals surface area contributed by atoms with Crippen LogP contribution in [0.4, 0.5) is 0 Å². The van der Waals surface area contributed by atoms with Crippen LogP contribution in [0.25, 0.3) is 0 Å². The molecule has 0 saturated heterocycles. The summed E-state index contributed by atoms with van der Waals surface area (Å²) in [7, 11) is 0. The predicted octanol–water partition coefficient (Wildman–Crippen LogP) is 1.38. The van der Waals surface area contributed by atoms with Gasteiger partial charge in [0.25, 0.3) is 0 Å². The van der Waals surface area contributed by atoms with E-state index in [-0.39, 0.29) is 0 Å². The third-order valence-corrected chi connectivity index (χ3v) is 3.27. The Morgan fingerprint density at radius 2 is 2.20 bits per heavy atom. The summed E-state index contributed by atoms with van der Waals surface area (Å²) in [6, 6.07) is 0.479. The van der Waals surface area contributed by atoms with Gasteiger partial charge in [-0.2, -0.15) is 0 Å². The first-order chi connectivity index (χ1) is 7.10. The van der Waals surface area contributed by atoms with Crippen molar-refractivity contribution in [3.63, 3.8) is 0 Å². The van der Waals surface area contributed by atoms with Crippen LogP contribution < -0.4 is 16.6 Å². The largest absolute Gasteiger partial charge is 0.352 e. The van der Waals surface area contributed by atoms with Crippen molar-refractivity contribution in [2.75, 3.05) is 6.54 Å². The van der Waals surface area contributed by atoms with Crippen molar-refractivity contribution in [2.45, 2.75) is 52.5 Å². The monoisotopic (exact) mass is 212 g/mol. The molecule has 4 N–H and O–H groups in total. The Morgan fingerprint density at radius 3 is 2.73 bits per heavy atom. The highest BCUT2D eigenvalue weighted by molar-refractivity contribution is 5.79. The molecule has 1 aliphatic rings. The van der Waals surface area contributed by atoms with Gasteiger partial charge in [0, 0.05) is 12.6 Å². The summed E-state index contributed by atoms with van der Waals surface area (Å²) < 4.78 is 0. The Hall–Kier alpha value is -0.770. The van der Waals surface area contributed by atoms with Gasteiger partial charge in [-0.25, -0.2) is 5.84 Å². The summed E-state index contributed by atoms with van der Waals surface area (Å²) in [5.74, 6) is 6.14. The van der Waals surface area contributed by atoms with Gasteiger partial charge in [-0.05, 0) is 25.2 Å². The minimum atomic E-state index is 0.337. The lowest BCUT2D eigenvalue weighted by atomic mass is 9.73. The van der Waals surface area contributed by atoms with Gasteiger partial charge in [0.15, 0.2) is 0 Å². The van der Waals surface area contributed by atoms with Crippen LogP contribution >= 0.6 is 0 Å². The van der Waals surface area contributed by atoms with Crippen molar-refractivity contribution >= 4 is 5.96 Å². The minimum Gasteiger partial charge on any atom is -0.352 e. The average Bonchev–Trinajstić information content (AvgIpc) is 2.20. The SMILES string of the molecule is CCN=C(NN)NC1CCCCC1(C)C. The Bertz CT molecular complexity index is 223. The van der Waals surface area contributed by atoms with Gasteiger partial charge in [-0.3, -0.25) is 10.4 Å². The fourth-order valence-electron chi connectivity index (χ4n) is 2.22. The number of nitrogens with one attached hydrogen (secondary N) is 2. The summed E-state index contributed by atoms with van der Waals surface area (Å²) in [5, 5.41) is 3.41. The third-order valence-electron chi connectivity index (χ3n) is 3.27. The molecule has 0 amide bonds.